The smallest absolute Gasteiger partial charge is 0.350 e. The largest absolute Gasteiger partial charge is 0.465 e. The number of hydrogen-bond acceptors (Lipinski definition) is 6. The van der Waals surface area contributed by atoms with Gasteiger partial charge in [-0.2, -0.15) is 5.26 Å². The van der Waals surface area contributed by atoms with Gasteiger partial charge in [-0.25, -0.2) is 9.78 Å². The number of methoxy groups -OCH3 is 1. The monoisotopic (exact) mass is 377 g/mol. The highest BCUT2D eigenvalue weighted by Gasteiger charge is 2.19. The quantitative estimate of drug-likeness (QED) is 0.693. The van der Waals surface area contributed by atoms with Crippen molar-refractivity contribution in [2.24, 2.45) is 0 Å². The van der Waals surface area contributed by atoms with Crippen LogP contribution in [0.3, 0.4) is 0 Å². The predicted molar refractivity (Wildman–Crippen MR) is 103 cm³/mol. The highest BCUT2D eigenvalue weighted by molar-refractivity contribution is 7.17. The van der Waals surface area contributed by atoms with Crippen molar-refractivity contribution in [3.05, 3.63) is 70.2 Å². The van der Waals surface area contributed by atoms with Gasteiger partial charge in [0.1, 0.15) is 4.88 Å². The molecule has 0 aliphatic heterocycles. The number of anilines is 1. The van der Waals surface area contributed by atoms with E-state index in [-0.39, 0.29) is 5.91 Å². The van der Waals surface area contributed by atoms with Gasteiger partial charge < -0.3 is 4.74 Å². The Morgan fingerprint density at radius 1 is 1.11 bits per heavy atom. The lowest BCUT2D eigenvalue weighted by atomic mass is 9.95. The molecule has 0 saturated carbocycles. The Labute approximate surface area is 160 Å². The average molecular weight is 377 g/mol. The Morgan fingerprint density at radius 3 is 2.48 bits per heavy atom. The number of aromatic nitrogens is 1. The molecule has 0 saturated heterocycles. The third-order valence-corrected chi connectivity index (χ3v) is 4.95. The van der Waals surface area contributed by atoms with Gasteiger partial charge >= 0.3 is 5.97 Å². The number of benzene rings is 2. The second-order valence-corrected chi connectivity index (χ2v) is 6.58. The number of aryl methyl sites for hydroxylation is 1. The summed E-state index contributed by atoms with van der Waals surface area (Å²) in [4.78, 5) is 29.1. The van der Waals surface area contributed by atoms with Crippen molar-refractivity contribution in [1.29, 1.82) is 5.26 Å². The summed E-state index contributed by atoms with van der Waals surface area (Å²) in [5, 5.41) is 12.4. The number of hydrogen-bond donors (Lipinski definition) is 1. The number of ether oxygens (including phenoxy) is 1. The molecule has 1 N–H and O–H groups in total. The summed E-state index contributed by atoms with van der Waals surface area (Å²) in [6.07, 6.45) is 0. The maximum Gasteiger partial charge on any atom is 0.350 e. The van der Waals surface area contributed by atoms with Crippen molar-refractivity contribution < 1.29 is 14.3 Å². The molecule has 0 spiro atoms. The molecule has 6 nitrogen and oxygen atoms in total. The number of nitrogens with zero attached hydrogens (tertiary/aromatic N) is 2. The Kier molecular flexibility index (Phi) is 5.29. The van der Waals surface area contributed by atoms with Gasteiger partial charge in [0.25, 0.3) is 5.91 Å². The zero-order chi connectivity index (χ0) is 19.4. The first kappa shape index (κ1) is 18.3. The van der Waals surface area contributed by atoms with Crippen LogP contribution in [0.1, 0.15) is 31.3 Å². The fourth-order valence-corrected chi connectivity index (χ4v) is 3.51. The number of nitrogens with one attached hydrogen (secondary N) is 1. The molecular weight excluding hydrogens is 362 g/mol. The van der Waals surface area contributed by atoms with E-state index in [1.165, 1.54) is 7.11 Å². The first-order valence-corrected chi connectivity index (χ1v) is 8.82. The SMILES string of the molecule is COC(=O)c1sc(NC(=O)c2ccccc2-c2ccccc2C#N)nc1C. The fraction of sp³-hybridized carbons (Fsp3) is 0.100. The van der Waals surface area contributed by atoms with E-state index in [0.717, 1.165) is 11.3 Å². The number of nitriles is 1. The van der Waals surface area contributed by atoms with Crippen molar-refractivity contribution in [1.82, 2.24) is 4.98 Å². The fourth-order valence-electron chi connectivity index (χ4n) is 2.63. The van der Waals surface area contributed by atoms with Crippen molar-refractivity contribution in [2.75, 3.05) is 12.4 Å². The van der Waals surface area contributed by atoms with Crippen LogP contribution >= 0.6 is 11.3 Å². The minimum atomic E-state index is -0.492. The van der Waals surface area contributed by atoms with Gasteiger partial charge in [0, 0.05) is 11.1 Å². The molecule has 3 rings (SSSR count). The van der Waals surface area contributed by atoms with Gasteiger partial charge in [-0.3, -0.25) is 10.1 Å². The molecule has 0 atom stereocenters. The molecule has 0 radical (unpaired) electrons. The van der Waals surface area contributed by atoms with E-state index in [1.54, 1.807) is 43.3 Å². The molecule has 0 aliphatic carbocycles. The summed E-state index contributed by atoms with van der Waals surface area (Å²) in [7, 11) is 1.29. The zero-order valence-corrected chi connectivity index (χ0v) is 15.5. The van der Waals surface area contributed by atoms with Crippen LogP contribution in [0.25, 0.3) is 11.1 Å². The number of amides is 1. The third-order valence-electron chi connectivity index (χ3n) is 3.90. The van der Waals surface area contributed by atoms with Gasteiger partial charge in [-0.05, 0) is 24.6 Å². The van der Waals surface area contributed by atoms with Gasteiger partial charge in [0.15, 0.2) is 5.13 Å². The highest BCUT2D eigenvalue weighted by Crippen LogP contribution is 2.29. The average Bonchev–Trinajstić information content (AvgIpc) is 3.07. The molecule has 1 aromatic heterocycles. The molecule has 0 bridgehead atoms. The lowest BCUT2D eigenvalue weighted by Crippen LogP contribution is -2.13. The van der Waals surface area contributed by atoms with Crippen LogP contribution in [0.5, 0.6) is 0 Å². The Balaban J connectivity index is 1.95. The van der Waals surface area contributed by atoms with E-state index in [4.69, 9.17) is 4.74 Å². The Hall–Kier alpha value is -3.50. The lowest BCUT2D eigenvalue weighted by Gasteiger charge is -2.10. The molecule has 1 heterocycles. The molecular formula is C20H15N3O3S. The first-order chi connectivity index (χ1) is 13.0. The minimum absolute atomic E-state index is 0.307. The second-order valence-electron chi connectivity index (χ2n) is 5.58. The Bertz CT molecular complexity index is 1070. The van der Waals surface area contributed by atoms with E-state index < -0.39 is 5.97 Å². The summed E-state index contributed by atoms with van der Waals surface area (Å²) in [5.41, 5.74) is 2.71. The van der Waals surface area contributed by atoms with Crippen LogP contribution < -0.4 is 5.32 Å². The van der Waals surface area contributed by atoms with E-state index in [1.807, 2.05) is 12.1 Å². The number of esters is 1. The van der Waals surface area contributed by atoms with Crippen LogP contribution in [0, 0.1) is 18.3 Å². The lowest BCUT2D eigenvalue weighted by molar-refractivity contribution is 0.0605. The standard InChI is InChI=1S/C20H15N3O3S/c1-12-17(19(25)26-2)27-20(22-12)23-18(24)16-10-6-5-9-15(16)14-8-4-3-7-13(14)11-21/h3-10H,1-2H3,(H,22,23,24). The number of thiazole rings is 1. The number of rotatable bonds is 4. The molecule has 27 heavy (non-hydrogen) atoms. The molecule has 2 aromatic carbocycles. The van der Waals surface area contributed by atoms with Crippen LogP contribution in [-0.4, -0.2) is 24.0 Å². The third kappa shape index (κ3) is 3.71. The first-order valence-electron chi connectivity index (χ1n) is 8.00. The molecule has 134 valence electrons. The molecule has 0 aliphatic rings. The highest BCUT2D eigenvalue weighted by atomic mass is 32.1. The van der Waals surface area contributed by atoms with E-state index in [0.29, 0.717) is 38.0 Å². The molecule has 3 aromatic rings. The summed E-state index contributed by atoms with van der Waals surface area (Å²) < 4.78 is 4.71. The Morgan fingerprint density at radius 2 is 1.78 bits per heavy atom. The molecule has 1 amide bonds. The van der Waals surface area contributed by atoms with Gasteiger partial charge in [0.2, 0.25) is 0 Å². The topological polar surface area (TPSA) is 92.1 Å². The van der Waals surface area contributed by atoms with Crippen molar-refractivity contribution in [3.63, 3.8) is 0 Å². The maximum absolute atomic E-state index is 12.8. The van der Waals surface area contributed by atoms with Crippen LogP contribution in [-0.2, 0) is 4.74 Å². The number of carbonyl (C=O) groups is 2. The summed E-state index contributed by atoms with van der Waals surface area (Å²) in [5.74, 6) is -0.864. The molecule has 7 heteroatoms. The van der Waals surface area contributed by atoms with Gasteiger partial charge in [-0.15, -0.1) is 0 Å². The summed E-state index contributed by atoms with van der Waals surface area (Å²) in [6.45, 7) is 1.68. The normalized spacial score (nSPS) is 10.1. The summed E-state index contributed by atoms with van der Waals surface area (Å²) >= 11 is 1.05. The maximum atomic E-state index is 12.8. The van der Waals surface area contributed by atoms with Crippen molar-refractivity contribution in [3.8, 4) is 17.2 Å². The summed E-state index contributed by atoms with van der Waals surface area (Å²) in [6, 6.07) is 16.3. The minimum Gasteiger partial charge on any atom is -0.465 e. The van der Waals surface area contributed by atoms with Crippen LogP contribution in [0.15, 0.2) is 48.5 Å². The van der Waals surface area contributed by atoms with Crippen molar-refractivity contribution in [2.45, 2.75) is 6.92 Å². The predicted octanol–water partition coefficient (Wildman–Crippen LogP) is 4.03. The number of carbonyl (C=O) groups excluding carboxylic acids is 2. The van der Waals surface area contributed by atoms with Gasteiger partial charge in [0.05, 0.1) is 24.4 Å². The van der Waals surface area contributed by atoms with Crippen molar-refractivity contribution >= 4 is 28.3 Å². The molecule has 0 fully saturated rings. The van der Waals surface area contributed by atoms with E-state index >= 15 is 0 Å². The molecule has 0 unspecified atom stereocenters. The van der Waals surface area contributed by atoms with Crippen LogP contribution in [0.4, 0.5) is 5.13 Å². The second kappa shape index (κ2) is 7.81. The van der Waals surface area contributed by atoms with E-state index in [9.17, 15) is 14.9 Å². The van der Waals surface area contributed by atoms with Crippen LogP contribution in [0.2, 0.25) is 0 Å². The van der Waals surface area contributed by atoms with Gasteiger partial charge in [-0.1, -0.05) is 47.7 Å². The zero-order valence-electron chi connectivity index (χ0n) is 14.6. The van der Waals surface area contributed by atoms with E-state index in [2.05, 4.69) is 16.4 Å².